The van der Waals surface area contributed by atoms with Gasteiger partial charge in [-0.3, -0.25) is 14.5 Å². The molecule has 0 radical (unpaired) electrons. The van der Waals surface area contributed by atoms with Crippen molar-refractivity contribution in [1.29, 1.82) is 0 Å². The van der Waals surface area contributed by atoms with Crippen LogP contribution < -0.4 is 10.6 Å². The average Bonchev–Trinajstić information content (AvgIpc) is 3.37. The lowest BCUT2D eigenvalue weighted by Crippen LogP contribution is -2.35. The first-order chi connectivity index (χ1) is 20.3. The summed E-state index contributed by atoms with van der Waals surface area (Å²) in [4.78, 5) is 29.7. The summed E-state index contributed by atoms with van der Waals surface area (Å²) < 4.78 is 28.2. The van der Waals surface area contributed by atoms with E-state index in [-0.39, 0.29) is 10.8 Å². The van der Waals surface area contributed by atoms with E-state index < -0.39 is 15.9 Å². The lowest BCUT2D eigenvalue weighted by molar-refractivity contribution is 0.0962. The van der Waals surface area contributed by atoms with Crippen LogP contribution in [0, 0.1) is 0 Å². The number of nitrogens with one attached hydrogen (secondary N) is 2. The first-order valence-electron chi connectivity index (χ1n) is 13.9. The van der Waals surface area contributed by atoms with Crippen molar-refractivity contribution in [2.24, 2.45) is 0 Å². The first-order valence-corrected chi connectivity index (χ1v) is 16.2. The molecule has 0 atom stereocenters. The highest BCUT2D eigenvalue weighted by Gasteiger charge is 2.30. The Morgan fingerprint density at radius 3 is 2.29 bits per heavy atom. The van der Waals surface area contributed by atoms with Gasteiger partial charge in [0, 0.05) is 50.2 Å². The molecule has 0 spiro atoms. The van der Waals surface area contributed by atoms with Crippen LogP contribution in [0.5, 0.6) is 0 Å². The number of carbonyl (C=O) groups excluding carboxylic acids is 2. The summed E-state index contributed by atoms with van der Waals surface area (Å²) in [6.07, 6.45) is 1.38. The van der Waals surface area contributed by atoms with E-state index in [1.165, 1.54) is 51.0 Å². The minimum absolute atomic E-state index is 0.148. The molecule has 0 saturated carbocycles. The molecule has 0 bridgehead atoms. The van der Waals surface area contributed by atoms with E-state index >= 15 is 0 Å². The Balaban J connectivity index is 1.18. The molecule has 6 rings (SSSR count). The molecule has 0 aliphatic carbocycles. The van der Waals surface area contributed by atoms with Crippen LogP contribution in [0.1, 0.15) is 47.8 Å². The number of rotatable bonds is 7. The second-order valence-electron chi connectivity index (χ2n) is 10.6. The van der Waals surface area contributed by atoms with Crippen molar-refractivity contribution < 1.29 is 18.0 Å². The van der Waals surface area contributed by atoms with Crippen molar-refractivity contribution in [2.75, 3.05) is 25.5 Å². The summed E-state index contributed by atoms with van der Waals surface area (Å²) in [5, 5.41) is 6.16. The van der Waals surface area contributed by atoms with Crippen molar-refractivity contribution in [2.45, 2.75) is 37.4 Å². The normalized spacial score (nSPS) is 15.5. The number of anilines is 1. The minimum Gasteiger partial charge on any atom is -0.355 e. The van der Waals surface area contributed by atoms with E-state index in [1.54, 1.807) is 7.05 Å². The number of fused-ring (bicyclic) bond motifs is 2. The molecule has 10 heteroatoms. The molecule has 0 saturated heterocycles. The van der Waals surface area contributed by atoms with E-state index in [4.69, 9.17) is 0 Å². The molecular formula is C32H32N4O4S2. The summed E-state index contributed by atoms with van der Waals surface area (Å²) in [6.45, 7) is 3.07. The molecule has 2 aliphatic rings. The number of thiophene rings is 1. The van der Waals surface area contributed by atoms with Crippen molar-refractivity contribution in [3.63, 3.8) is 0 Å². The molecule has 8 nitrogen and oxygen atoms in total. The van der Waals surface area contributed by atoms with E-state index in [2.05, 4.69) is 27.7 Å². The predicted molar refractivity (Wildman–Crippen MR) is 164 cm³/mol. The number of sulfonamides is 1. The molecule has 2 amide bonds. The van der Waals surface area contributed by atoms with Gasteiger partial charge in [0.1, 0.15) is 5.00 Å². The maximum atomic E-state index is 13.4. The van der Waals surface area contributed by atoms with Crippen LogP contribution in [0.15, 0.2) is 83.8 Å². The van der Waals surface area contributed by atoms with Gasteiger partial charge in [0.05, 0.1) is 10.5 Å². The van der Waals surface area contributed by atoms with Crippen molar-refractivity contribution in [3.8, 4) is 0 Å². The van der Waals surface area contributed by atoms with Gasteiger partial charge in [-0.05, 0) is 59.4 Å². The van der Waals surface area contributed by atoms with E-state index in [1.807, 2.05) is 42.5 Å². The van der Waals surface area contributed by atoms with Gasteiger partial charge in [0.25, 0.3) is 11.8 Å². The largest absolute Gasteiger partial charge is 0.355 e. The number of amides is 2. The zero-order chi connectivity index (χ0) is 29.3. The van der Waals surface area contributed by atoms with Crippen LogP contribution in [-0.4, -0.2) is 49.6 Å². The smallest absolute Gasteiger partial charge is 0.256 e. The molecule has 3 aromatic carbocycles. The number of hydrogen-bond donors (Lipinski definition) is 2. The van der Waals surface area contributed by atoms with Crippen LogP contribution in [-0.2, 0) is 42.5 Å². The lowest BCUT2D eigenvalue weighted by atomic mass is 10.0. The highest BCUT2D eigenvalue weighted by Crippen LogP contribution is 2.38. The van der Waals surface area contributed by atoms with Crippen LogP contribution in [0.4, 0.5) is 5.00 Å². The molecule has 2 N–H and O–H groups in total. The Labute approximate surface area is 250 Å². The summed E-state index contributed by atoms with van der Waals surface area (Å²) in [6, 6.07) is 24.2. The van der Waals surface area contributed by atoms with Crippen LogP contribution in [0.3, 0.4) is 0 Å². The second kappa shape index (κ2) is 11.8. The third-order valence-corrected chi connectivity index (χ3v) is 10.9. The first kappa shape index (κ1) is 28.3. The molecule has 4 aromatic rings. The summed E-state index contributed by atoms with van der Waals surface area (Å²) >= 11 is 1.43. The SMILES string of the molecule is CNC(=O)c1c(NC(=O)c2ccc(S(=O)(=O)N3CCc4ccccc4C3)cc2)sc2c1CCN(Cc1ccccc1)C2. The van der Waals surface area contributed by atoms with Crippen molar-refractivity contribution in [3.05, 3.63) is 117 Å². The maximum absolute atomic E-state index is 13.4. The zero-order valence-corrected chi connectivity index (χ0v) is 24.9. The van der Waals surface area contributed by atoms with E-state index in [0.717, 1.165) is 29.1 Å². The van der Waals surface area contributed by atoms with Gasteiger partial charge in [-0.2, -0.15) is 4.31 Å². The molecule has 3 heterocycles. The third-order valence-electron chi connectivity index (χ3n) is 7.92. The Bertz CT molecular complexity index is 1730. The summed E-state index contributed by atoms with van der Waals surface area (Å²) in [7, 11) is -2.13. The Morgan fingerprint density at radius 2 is 1.55 bits per heavy atom. The number of carbonyl (C=O) groups is 2. The van der Waals surface area contributed by atoms with E-state index in [9.17, 15) is 18.0 Å². The quantitative estimate of drug-likeness (QED) is 0.322. The summed E-state index contributed by atoms with van der Waals surface area (Å²) in [5.74, 6) is -0.625. The van der Waals surface area contributed by atoms with Crippen molar-refractivity contribution in [1.82, 2.24) is 14.5 Å². The number of benzene rings is 3. The van der Waals surface area contributed by atoms with Crippen LogP contribution in [0.25, 0.3) is 0 Å². The average molecular weight is 601 g/mol. The molecule has 1 aromatic heterocycles. The van der Waals surface area contributed by atoms with Gasteiger partial charge >= 0.3 is 0 Å². The van der Waals surface area contributed by atoms with Crippen LogP contribution in [0.2, 0.25) is 0 Å². The van der Waals surface area contributed by atoms with Gasteiger partial charge in [-0.15, -0.1) is 11.3 Å². The number of hydrogen-bond acceptors (Lipinski definition) is 6. The topological polar surface area (TPSA) is 98.8 Å². The monoisotopic (exact) mass is 600 g/mol. The fraction of sp³-hybridized carbons (Fsp3) is 0.250. The lowest BCUT2D eigenvalue weighted by Gasteiger charge is -2.28. The molecule has 42 heavy (non-hydrogen) atoms. The van der Waals surface area contributed by atoms with Gasteiger partial charge < -0.3 is 10.6 Å². The molecule has 0 unspecified atom stereocenters. The maximum Gasteiger partial charge on any atom is 0.256 e. The second-order valence-corrected chi connectivity index (χ2v) is 13.6. The molecule has 216 valence electrons. The fourth-order valence-corrected chi connectivity index (χ4v) is 8.37. The van der Waals surface area contributed by atoms with E-state index in [0.29, 0.717) is 48.6 Å². The standard InChI is InChI=1S/C32H32N4O4S2/c1-33-31(38)29-27-16-17-35(19-22-7-3-2-4-8-22)21-28(27)41-32(29)34-30(37)24-11-13-26(14-12-24)42(39,40)36-18-15-23-9-5-6-10-25(23)20-36/h2-14H,15-21H2,1H3,(H,33,38)(H,34,37). The van der Waals surface area contributed by atoms with Gasteiger partial charge in [-0.1, -0.05) is 54.6 Å². The molecule has 2 aliphatic heterocycles. The molecular weight excluding hydrogens is 569 g/mol. The van der Waals surface area contributed by atoms with Gasteiger partial charge in [0.15, 0.2) is 0 Å². The van der Waals surface area contributed by atoms with Crippen LogP contribution >= 0.6 is 11.3 Å². The van der Waals surface area contributed by atoms with Gasteiger partial charge in [0.2, 0.25) is 10.0 Å². The summed E-state index contributed by atoms with van der Waals surface area (Å²) in [5.41, 5.74) is 5.22. The number of nitrogens with zero attached hydrogens (tertiary/aromatic N) is 2. The third kappa shape index (κ3) is 5.63. The van der Waals surface area contributed by atoms with Crippen molar-refractivity contribution >= 4 is 38.2 Å². The highest BCUT2D eigenvalue weighted by atomic mass is 32.2. The highest BCUT2D eigenvalue weighted by molar-refractivity contribution is 7.89. The Kier molecular flexibility index (Phi) is 7.96. The Hall–Kier alpha value is -3.83. The predicted octanol–water partition coefficient (Wildman–Crippen LogP) is 4.67. The fourth-order valence-electron chi connectivity index (χ4n) is 5.66. The van der Waals surface area contributed by atoms with Gasteiger partial charge in [-0.25, -0.2) is 8.42 Å². The zero-order valence-electron chi connectivity index (χ0n) is 23.3. The molecule has 0 fully saturated rings. The minimum atomic E-state index is -3.71. The Morgan fingerprint density at radius 1 is 0.833 bits per heavy atom.